The fraction of sp³-hybridized carbons (Fsp3) is 0.231. The molecule has 2 aromatic heterocycles. The molecule has 0 saturated heterocycles. The second-order valence-corrected chi connectivity index (χ2v) is 4.18. The van der Waals surface area contributed by atoms with Crippen molar-refractivity contribution >= 4 is 22.1 Å². The lowest BCUT2D eigenvalue weighted by Crippen LogP contribution is -2.03. The minimum atomic E-state index is -0.0734. The van der Waals surface area contributed by atoms with Gasteiger partial charge in [0.25, 0.3) is 0 Å². The third-order valence-corrected chi connectivity index (χ3v) is 3.03. The van der Waals surface area contributed by atoms with E-state index in [0.717, 1.165) is 0 Å². The molecule has 3 rings (SSSR count). The van der Waals surface area contributed by atoms with Crippen molar-refractivity contribution in [1.29, 1.82) is 0 Å². The molecule has 92 valence electrons. The molecule has 0 unspecified atom stereocenters. The van der Waals surface area contributed by atoms with Gasteiger partial charge in [-0.3, -0.25) is 4.79 Å². The van der Waals surface area contributed by atoms with E-state index in [1.807, 2.05) is 0 Å². The molecular weight excluding hydrogens is 232 g/mol. The van der Waals surface area contributed by atoms with Gasteiger partial charge in [-0.2, -0.15) is 5.10 Å². The van der Waals surface area contributed by atoms with E-state index in [1.165, 1.54) is 0 Å². The first-order chi connectivity index (χ1) is 8.61. The summed E-state index contributed by atoms with van der Waals surface area (Å²) < 4.78 is 12.4. The second kappa shape index (κ2) is 3.60. The van der Waals surface area contributed by atoms with E-state index in [2.05, 4.69) is 5.10 Å². The van der Waals surface area contributed by atoms with Crippen molar-refractivity contribution in [3.63, 3.8) is 0 Å². The van der Waals surface area contributed by atoms with Crippen molar-refractivity contribution in [3.05, 3.63) is 34.1 Å². The molecule has 0 radical (unpaired) electrons. The summed E-state index contributed by atoms with van der Waals surface area (Å²) in [5.74, 6) is 0.635. The lowest BCUT2D eigenvalue weighted by Gasteiger charge is -2.02. The molecule has 0 spiro atoms. The van der Waals surface area contributed by atoms with E-state index in [0.29, 0.717) is 33.5 Å². The zero-order valence-electron chi connectivity index (χ0n) is 10.4. The Balaban J connectivity index is 2.55. The summed E-state index contributed by atoms with van der Waals surface area (Å²) in [6.45, 7) is 1.80. The molecule has 18 heavy (non-hydrogen) atoms. The van der Waals surface area contributed by atoms with Gasteiger partial charge in [0.1, 0.15) is 16.7 Å². The Kier molecular flexibility index (Phi) is 2.16. The minimum absolute atomic E-state index is 0.0734. The van der Waals surface area contributed by atoms with Gasteiger partial charge in [0.2, 0.25) is 11.1 Å². The highest BCUT2D eigenvalue weighted by atomic mass is 16.5. The summed E-state index contributed by atoms with van der Waals surface area (Å²) in [4.78, 5) is 12.4. The van der Waals surface area contributed by atoms with Gasteiger partial charge in [-0.05, 0) is 25.1 Å². The van der Waals surface area contributed by atoms with Gasteiger partial charge in [0.15, 0.2) is 0 Å². The molecule has 0 aliphatic rings. The largest absolute Gasteiger partial charge is 0.497 e. The van der Waals surface area contributed by atoms with Crippen molar-refractivity contribution in [2.75, 3.05) is 7.11 Å². The molecule has 0 fully saturated rings. The Bertz CT molecular complexity index is 814. The number of ether oxygens (including phenoxy) is 1. The van der Waals surface area contributed by atoms with Crippen LogP contribution in [-0.2, 0) is 7.05 Å². The van der Waals surface area contributed by atoms with Gasteiger partial charge in [-0.15, -0.1) is 0 Å². The fourth-order valence-corrected chi connectivity index (χ4v) is 2.16. The smallest absolute Gasteiger partial charge is 0.229 e. The van der Waals surface area contributed by atoms with Crippen molar-refractivity contribution < 1.29 is 9.15 Å². The third-order valence-electron chi connectivity index (χ3n) is 3.03. The number of hydrogen-bond donors (Lipinski definition) is 0. The van der Waals surface area contributed by atoms with E-state index in [4.69, 9.17) is 9.15 Å². The summed E-state index contributed by atoms with van der Waals surface area (Å²) in [5, 5.41) is 5.25. The number of nitrogens with zero attached hydrogens (tertiary/aromatic N) is 2. The zero-order chi connectivity index (χ0) is 12.9. The Morgan fingerprint density at radius 2 is 2.17 bits per heavy atom. The maximum Gasteiger partial charge on any atom is 0.229 e. The number of hydrogen-bond acceptors (Lipinski definition) is 4. The Hall–Kier alpha value is -2.30. The van der Waals surface area contributed by atoms with Crippen molar-refractivity contribution in [1.82, 2.24) is 9.78 Å². The molecule has 5 heteroatoms. The summed E-state index contributed by atoms with van der Waals surface area (Å²) >= 11 is 0. The highest BCUT2D eigenvalue weighted by molar-refractivity contribution is 5.90. The molecular formula is C13H12N2O3. The SMILES string of the molecule is COc1ccc2oc3c(c(C)nn3C)c(=O)c2c1. The highest BCUT2D eigenvalue weighted by Gasteiger charge is 2.15. The molecule has 0 aliphatic carbocycles. The molecule has 0 aliphatic heterocycles. The molecule has 2 heterocycles. The van der Waals surface area contributed by atoms with Crippen LogP contribution in [0.1, 0.15) is 5.69 Å². The van der Waals surface area contributed by atoms with Crippen LogP contribution >= 0.6 is 0 Å². The van der Waals surface area contributed by atoms with Crippen molar-refractivity contribution in [3.8, 4) is 5.75 Å². The van der Waals surface area contributed by atoms with Gasteiger partial charge < -0.3 is 9.15 Å². The summed E-state index contributed by atoms with van der Waals surface area (Å²) in [5.41, 5.74) is 1.63. The van der Waals surface area contributed by atoms with Gasteiger partial charge in [0, 0.05) is 7.05 Å². The van der Waals surface area contributed by atoms with Gasteiger partial charge in [-0.25, -0.2) is 4.68 Å². The zero-order valence-corrected chi connectivity index (χ0v) is 10.4. The van der Waals surface area contributed by atoms with Crippen LogP contribution in [0.5, 0.6) is 5.75 Å². The normalized spacial score (nSPS) is 11.3. The number of aromatic nitrogens is 2. The average Bonchev–Trinajstić information content (AvgIpc) is 2.65. The molecule has 0 bridgehead atoms. The first-order valence-corrected chi connectivity index (χ1v) is 5.56. The van der Waals surface area contributed by atoms with E-state index in [-0.39, 0.29) is 5.43 Å². The third kappa shape index (κ3) is 1.33. The Morgan fingerprint density at radius 3 is 2.89 bits per heavy atom. The Labute approximate surface area is 103 Å². The monoisotopic (exact) mass is 244 g/mol. The highest BCUT2D eigenvalue weighted by Crippen LogP contribution is 2.23. The van der Waals surface area contributed by atoms with Crippen LogP contribution in [0.4, 0.5) is 0 Å². The van der Waals surface area contributed by atoms with Gasteiger partial charge in [-0.1, -0.05) is 0 Å². The predicted octanol–water partition coefficient (Wildman–Crippen LogP) is 2.00. The van der Waals surface area contributed by atoms with E-state index in [9.17, 15) is 4.79 Å². The van der Waals surface area contributed by atoms with Crippen LogP contribution < -0.4 is 10.2 Å². The average molecular weight is 244 g/mol. The van der Waals surface area contributed by atoms with Crippen LogP contribution in [0.25, 0.3) is 22.1 Å². The second-order valence-electron chi connectivity index (χ2n) is 4.18. The lowest BCUT2D eigenvalue weighted by molar-refractivity contribution is 0.415. The number of methoxy groups -OCH3 is 1. The first-order valence-electron chi connectivity index (χ1n) is 5.56. The summed E-state index contributed by atoms with van der Waals surface area (Å²) in [7, 11) is 3.32. The quantitative estimate of drug-likeness (QED) is 0.657. The number of aryl methyl sites for hydroxylation is 2. The summed E-state index contributed by atoms with van der Waals surface area (Å²) in [6.07, 6.45) is 0. The summed E-state index contributed by atoms with van der Waals surface area (Å²) in [6, 6.07) is 5.19. The first kappa shape index (κ1) is 10.8. The number of fused-ring (bicyclic) bond motifs is 2. The van der Waals surface area contributed by atoms with E-state index >= 15 is 0 Å². The van der Waals surface area contributed by atoms with Crippen LogP contribution in [0.2, 0.25) is 0 Å². The van der Waals surface area contributed by atoms with E-state index in [1.54, 1.807) is 44.0 Å². The molecule has 0 amide bonds. The van der Waals surface area contributed by atoms with Crippen LogP contribution in [-0.4, -0.2) is 16.9 Å². The van der Waals surface area contributed by atoms with Gasteiger partial charge >= 0.3 is 0 Å². The van der Waals surface area contributed by atoms with Crippen LogP contribution in [0.15, 0.2) is 27.4 Å². The molecule has 3 aromatic rings. The minimum Gasteiger partial charge on any atom is -0.497 e. The lowest BCUT2D eigenvalue weighted by atomic mass is 10.1. The van der Waals surface area contributed by atoms with E-state index < -0.39 is 0 Å². The van der Waals surface area contributed by atoms with Crippen molar-refractivity contribution in [2.24, 2.45) is 7.05 Å². The molecule has 1 aromatic carbocycles. The van der Waals surface area contributed by atoms with Gasteiger partial charge in [0.05, 0.1) is 18.2 Å². The topological polar surface area (TPSA) is 57.3 Å². The fourth-order valence-electron chi connectivity index (χ4n) is 2.16. The standard InChI is InChI=1S/C13H12N2O3/c1-7-11-12(16)9-6-8(17-3)4-5-10(9)18-13(11)15(2)14-7/h4-6H,1-3H3. The number of rotatable bonds is 1. The van der Waals surface area contributed by atoms with Crippen molar-refractivity contribution in [2.45, 2.75) is 6.92 Å². The van der Waals surface area contributed by atoms with Crippen LogP contribution in [0, 0.1) is 6.92 Å². The molecule has 0 N–H and O–H groups in total. The Morgan fingerprint density at radius 1 is 1.39 bits per heavy atom. The number of benzene rings is 1. The molecule has 0 atom stereocenters. The maximum absolute atomic E-state index is 12.4. The molecule has 5 nitrogen and oxygen atoms in total. The molecule has 0 saturated carbocycles. The van der Waals surface area contributed by atoms with Crippen LogP contribution in [0.3, 0.4) is 0 Å². The maximum atomic E-state index is 12.4. The predicted molar refractivity (Wildman–Crippen MR) is 68.0 cm³/mol.